The first-order chi connectivity index (χ1) is 11.9. The molecule has 1 amide bonds. The number of rotatable bonds is 6. The number of amides is 1. The molecule has 0 heterocycles. The predicted molar refractivity (Wildman–Crippen MR) is 97.1 cm³/mol. The summed E-state index contributed by atoms with van der Waals surface area (Å²) in [5.74, 6) is -1.13. The summed E-state index contributed by atoms with van der Waals surface area (Å²) in [5, 5.41) is 0. The molecule has 1 aliphatic rings. The van der Waals surface area contributed by atoms with Gasteiger partial charge in [0, 0.05) is 25.2 Å². The van der Waals surface area contributed by atoms with E-state index in [0.29, 0.717) is 12.1 Å². The Bertz CT molecular complexity index is 608. The average Bonchev–Trinajstić information content (AvgIpc) is 2.57. The molecule has 1 saturated carbocycles. The van der Waals surface area contributed by atoms with Crippen LogP contribution < -0.4 is 0 Å². The maximum Gasteiger partial charge on any atom is 0.246 e. The van der Waals surface area contributed by atoms with E-state index in [1.165, 1.54) is 12.1 Å². The molecule has 0 atom stereocenters. The highest BCUT2D eigenvalue weighted by Crippen LogP contribution is 2.27. The molecule has 5 heteroatoms. The lowest BCUT2D eigenvalue weighted by molar-refractivity contribution is -0.129. The topological polar surface area (TPSA) is 23.6 Å². The minimum atomic E-state index is -0.902. The van der Waals surface area contributed by atoms with Crippen molar-refractivity contribution in [1.82, 2.24) is 9.80 Å². The molecular formula is C20H28F2N2O. The maximum absolute atomic E-state index is 13.3. The molecule has 0 saturated heterocycles. The minimum Gasteiger partial charge on any atom is -0.335 e. The Labute approximate surface area is 149 Å². The van der Waals surface area contributed by atoms with Gasteiger partial charge in [-0.2, -0.15) is 0 Å². The zero-order valence-electron chi connectivity index (χ0n) is 15.3. The Morgan fingerprint density at radius 3 is 2.40 bits per heavy atom. The van der Waals surface area contributed by atoms with Gasteiger partial charge in [-0.15, -0.1) is 0 Å². The van der Waals surface area contributed by atoms with Crippen LogP contribution in [0.25, 0.3) is 6.08 Å². The SMILES string of the molecule is CN(C)CCN(C(=O)/C=C/c1ccc(F)c(F)c1)[C@H]1CC[C@H](C)CC1. The largest absolute Gasteiger partial charge is 0.335 e. The molecule has 0 aliphatic heterocycles. The van der Waals surface area contributed by atoms with Crippen molar-refractivity contribution in [2.24, 2.45) is 5.92 Å². The van der Waals surface area contributed by atoms with Crippen molar-refractivity contribution in [3.63, 3.8) is 0 Å². The predicted octanol–water partition coefficient (Wildman–Crippen LogP) is 3.95. The van der Waals surface area contributed by atoms with Gasteiger partial charge in [-0.25, -0.2) is 8.78 Å². The number of hydrogen-bond donors (Lipinski definition) is 0. The molecule has 0 unspecified atom stereocenters. The van der Waals surface area contributed by atoms with E-state index in [9.17, 15) is 13.6 Å². The Hall–Kier alpha value is -1.75. The van der Waals surface area contributed by atoms with Gasteiger partial charge >= 0.3 is 0 Å². The van der Waals surface area contributed by atoms with E-state index in [2.05, 4.69) is 11.8 Å². The third-order valence-electron chi connectivity index (χ3n) is 4.86. The van der Waals surface area contributed by atoms with Gasteiger partial charge in [-0.3, -0.25) is 4.79 Å². The molecule has 1 aromatic rings. The number of carbonyl (C=O) groups excluding carboxylic acids is 1. The molecular weight excluding hydrogens is 322 g/mol. The van der Waals surface area contributed by atoms with E-state index >= 15 is 0 Å². The van der Waals surface area contributed by atoms with E-state index in [4.69, 9.17) is 0 Å². The summed E-state index contributed by atoms with van der Waals surface area (Å²) in [5.41, 5.74) is 0.483. The average molecular weight is 350 g/mol. The van der Waals surface area contributed by atoms with Crippen LogP contribution in [0.1, 0.15) is 38.2 Å². The highest BCUT2D eigenvalue weighted by molar-refractivity contribution is 5.92. The van der Waals surface area contributed by atoms with Crippen LogP contribution in [-0.2, 0) is 4.79 Å². The highest BCUT2D eigenvalue weighted by atomic mass is 19.2. The summed E-state index contributed by atoms with van der Waals surface area (Å²) in [6.07, 6.45) is 7.37. The maximum atomic E-state index is 13.3. The van der Waals surface area contributed by atoms with Gasteiger partial charge in [-0.1, -0.05) is 13.0 Å². The van der Waals surface area contributed by atoms with Crippen LogP contribution in [0.2, 0.25) is 0 Å². The van der Waals surface area contributed by atoms with Crippen molar-refractivity contribution in [2.75, 3.05) is 27.2 Å². The molecule has 0 N–H and O–H groups in total. The van der Waals surface area contributed by atoms with E-state index in [0.717, 1.165) is 50.3 Å². The molecule has 138 valence electrons. The molecule has 2 rings (SSSR count). The number of benzene rings is 1. The first-order valence-corrected chi connectivity index (χ1v) is 8.95. The van der Waals surface area contributed by atoms with Gasteiger partial charge in [0.15, 0.2) is 11.6 Å². The fourth-order valence-corrected chi connectivity index (χ4v) is 3.21. The Balaban J connectivity index is 2.07. The minimum absolute atomic E-state index is 0.0638. The first-order valence-electron chi connectivity index (χ1n) is 8.95. The van der Waals surface area contributed by atoms with Crippen LogP contribution in [-0.4, -0.2) is 48.9 Å². The van der Waals surface area contributed by atoms with Gasteiger partial charge in [0.05, 0.1) is 0 Å². The summed E-state index contributed by atoms with van der Waals surface area (Å²) >= 11 is 0. The molecule has 1 aromatic carbocycles. The zero-order valence-corrected chi connectivity index (χ0v) is 15.3. The van der Waals surface area contributed by atoms with Crippen molar-refractivity contribution < 1.29 is 13.6 Å². The second-order valence-corrected chi connectivity index (χ2v) is 7.26. The molecule has 0 aromatic heterocycles. The van der Waals surface area contributed by atoms with Crippen molar-refractivity contribution in [3.05, 3.63) is 41.5 Å². The standard InChI is InChI=1S/C20H28F2N2O/c1-15-4-8-17(9-5-15)24(13-12-23(2)3)20(25)11-7-16-6-10-18(21)19(22)14-16/h6-7,10-11,14-15,17H,4-5,8-9,12-13H2,1-3H3/b11-7+/t15-,17-. The second kappa shape index (κ2) is 9.09. The molecule has 0 spiro atoms. The first kappa shape index (κ1) is 19.6. The van der Waals surface area contributed by atoms with Crippen LogP contribution in [0.15, 0.2) is 24.3 Å². The normalized spacial score (nSPS) is 21.0. The summed E-state index contributed by atoms with van der Waals surface area (Å²) in [6, 6.07) is 3.91. The van der Waals surface area contributed by atoms with Crippen LogP contribution in [0.5, 0.6) is 0 Å². The molecule has 0 radical (unpaired) electrons. The monoisotopic (exact) mass is 350 g/mol. The van der Waals surface area contributed by atoms with E-state index < -0.39 is 11.6 Å². The Kier molecular flexibility index (Phi) is 7.12. The fourth-order valence-electron chi connectivity index (χ4n) is 3.21. The number of nitrogens with zero attached hydrogens (tertiary/aromatic N) is 2. The fraction of sp³-hybridized carbons (Fsp3) is 0.550. The van der Waals surface area contributed by atoms with Crippen molar-refractivity contribution in [3.8, 4) is 0 Å². The summed E-state index contributed by atoms with van der Waals surface area (Å²) in [4.78, 5) is 16.7. The number of hydrogen-bond acceptors (Lipinski definition) is 2. The lowest BCUT2D eigenvalue weighted by Crippen LogP contribution is -2.44. The van der Waals surface area contributed by atoms with E-state index in [1.807, 2.05) is 19.0 Å². The Morgan fingerprint density at radius 1 is 1.12 bits per heavy atom. The smallest absolute Gasteiger partial charge is 0.246 e. The van der Waals surface area contributed by atoms with Crippen molar-refractivity contribution in [2.45, 2.75) is 38.6 Å². The van der Waals surface area contributed by atoms with Crippen LogP contribution in [0.3, 0.4) is 0 Å². The van der Waals surface area contributed by atoms with Gasteiger partial charge in [0.2, 0.25) is 5.91 Å². The Morgan fingerprint density at radius 2 is 1.80 bits per heavy atom. The molecule has 3 nitrogen and oxygen atoms in total. The third kappa shape index (κ3) is 5.92. The van der Waals surface area contributed by atoms with Crippen LogP contribution in [0, 0.1) is 17.6 Å². The molecule has 1 fully saturated rings. The van der Waals surface area contributed by atoms with Crippen molar-refractivity contribution >= 4 is 12.0 Å². The second-order valence-electron chi connectivity index (χ2n) is 7.26. The quantitative estimate of drug-likeness (QED) is 0.726. The van der Waals surface area contributed by atoms with E-state index in [-0.39, 0.29) is 11.9 Å². The molecule has 25 heavy (non-hydrogen) atoms. The number of likely N-dealkylation sites (N-methyl/N-ethyl adjacent to an activating group) is 1. The third-order valence-corrected chi connectivity index (χ3v) is 4.86. The summed E-state index contributed by atoms with van der Waals surface area (Å²) in [7, 11) is 3.98. The van der Waals surface area contributed by atoms with Gasteiger partial charge in [-0.05, 0) is 69.5 Å². The number of carbonyl (C=O) groups is 1. The lowest BCUT2D eigenvalue weighted by atomic mass is 9.86. The zero-order chi connectivity index (χ0) is 18.4. The number of halogens is 2. The van der Waals surface area contributed by atoms with E-state index in [1.54, 1.807) is 6.08 Å². The van der Waals surface area contributed by atoms with Gasteiger partial charge in [0.25, 0.3) is 0 Å². The molecule has 1 aliphatic carbocycles. The highest BCUT2D eigenvalue weighted by Gasteiger charge is 2.26. The van der Waals surface area contributed by atoms with Crippen LogP contribution in [0.4, 0.5) is 8.78 Å². The summed E-state index contributed by atoms with van der Waals surface area (Å²) in [6.45, 7) is 3.73. The van der Waals surface area contributed by atoms with Crippen molar-refractivity contribution in [1.29, 1.82) is 0 Å². The lowest BCUT2D eigenvalue weighted by Gasteiger charge is -2.36. The van der Waals surface area contributed by atoms with Gasteiger partial charge in [0.1, 0.15) is 0 Å². The summed E-state index contributed by atoms with van der Waals surface area (Å²) < 4.78 is 26.3. The van der Waals surface area contributed by atoms with Gasteiger partial charge < -0.3 is 9.80 Å². The van der Waals surface area contributed by atoms with Crippen LogP contribution >= 0.6 is 0 Å². The molecule has 0 bridgehead atoms.